The monoisotopic (exact) mass is 275 g/mol. The summed E-state index contributed by atoms with van der Waals surface area (Å²) in [7, 11) is 0. The molecule has 0 spiro atoms. The fraction of sp³-hybridized carbons (Fsp3) is 0.250. The molecule has 2 nitrogen and oxygen atoms in total. The van der Waals surface area contributed by atoms with Crippen LogP contribution in [0.1, 0.15) is 18.9 Å². The van der Waals surface area contributed by atoms with Gasteiger partial charge in [-0.2, -0.15) is 0 Å². The Morgan fingerprint density at radius 1 is 1.47 bits per heavy atom. The van der Waals surface area contributed by atoms with E-state index in [1.807, 2.05) is 6.08 Å². The van der Waals surface area contributed by atoms with Crippen LogP contribution in [0, 0.1) is 5.82 Å². The Hall–Kier alpha value is -1.06. The number of rotatable bonds is 4. The Balaban J connectivity index is 2.57. The Kier molecular flexibility index (Phi) is 5.45. The zero-order chi connectivity index (χ0) is 12.8. The van der Waals surface area contributed by atoms with Gasteiger partial charge in [-0.15, -0.1) is 0 Å². The zero-order valence-electron chi connectivity index (χ0n) is 9.27. The first-order valence-electron chi connectivity index (χ1n) is 5.06. The maximum atomic E-state index is 13.2. The normalized spacial score (nSPS) is 10.8. The first-order valence-corrected chi connectivity index (χ1v) is 5.82. The molecule has 5 heteroatoms. The molecule has 0 radical (unpaired) electrons. The maximum Gasteiger partial charge on any atom is 0.216 e. The number of nitrogens with one attached hydrogen (secondary N) is 1. The van der Waals surface area contributed by atoms with Crippen molar-refractivity contribution in [1.29, 1.82) is 0 Å². The van der Waals surface area contributed by atoms with Crippen molar-refractivity contribution < 1.29 is 9.18 Å². The lowest BCUT2D eigenvalue weighted by molar-refractivity contribution is -0.118. The molecular weight excluding hydrogens is 264 g/mol. The minimum atomic E-state index is -0.541. The third-order valence-electron chi connectivity index (χ3n) is 2.00. The lowest BCUT2D eigenvalue weighted by Crippen LogP contribution is -2.20. The second-order valence-corrected chi connectivity index (χ2v) is 4.26. The summed E-state index contributed by atoms with van der Waals surface area (Å²) in [5.74, 6) is -0.611. The van der Waals surface area contributed by atoms with E-state index in [-0.39, 0.29) is 16.0 Å². The van der Waals surface area contributed by atoms with Crippen LogP contribution in [0.15, 0.2) is 18.2 Å². The van der Waals surface area contributed by atoms with Gasteiger partial charge in [0.2, 0.25) is 5.91 Å². The van der Waals surface area contributed by atoms with E-state index >= 15 is 0 Å². The Morgan fingerprint density at radius 3 is 2.76 bits per heavy atom. The molecule has 1 aromatic carbocycles. The highest BCUT2D eigenvalue weighted by atomic mass is 35.5. The molecule has 1 rings (SSSR count). The minimum Gasteiger partial charge on any atom is -0.356 e. The van der Waals surface area contributed by atoms with Crippen LogP contribution >= 0.6 is 23.2 Å². The average Bonchev–Trinajstić information content (AvgIpc) is 2.25. The van der Waals surface area contributed by atoms with Gasteiger partial charge in [-0.1, -0.05) is 35.4 Å². The van der Waals surface area contributed by atoms with E-state index in [1.165, 1.54) is 13.0 Å². The van der Waals surface area contributed by atoms with Crippen LogP contribution in [0.2, 0.25) is 10.0 Å². The second kappa shape index (κ2) is 6.62. The molecule has 17 heavy (non-hydrogen) atoms. The number of carbonyl (C=O) groups excluding carboxylic acids is 1. The minimum absolute atomic E-state index is 0.0675. The lowest BCUT2D eigenvalue weighted by Gasteiger charge is -2.00. The molecule has 0 aliphatic rings. The van der Waals surface area contributed by atoms with Crippen LogP contribution in [0.5, 0.6) is 0 Å². The Bertz CT molecular complexity index is 423. The highest BCUT2D eigenvalue weighted by molar-refractivity contribution is 6.42. The van der Waals surface area contributed by atoms with Crippen molar-refractivity contribution in [2.45, 2.75) is 13.3 Å². The molecule has 0 aliphatic carbocycles. The van der Waals surface area contributed by atoms with E-state index in [1.54, 1.807) is 12.1 Å². The highest BCUT2D eigenvalue weighted by Gasteiger charge is 2.05. The van der Waals surface area contributed by atoms with Crippen LogP contribution in [0.3, 0.4) is 0 Å². The van der Waals surface area contributed by atoms with Crippen LogP contribution < -0.4 is 5.32 Å². The van der Waals surface area contributed by atoms with Gasteiger partial charge in [0.05, 0.1) is 10.0 Å². The second-order valence-electron chi connectivity index (χ2n) is 3.47. The van der Waals surface area contributed by atoms with E-state index in [9.17, 15) is 9.18 Å². The molecule has 0 aromatic heterocycles. The smallest absolute Gasteiger partial charge is 0.216 e. The van der Waals surface area contributed by atoms with E-state index in [4.69, 9.17) is 23.2 Å². The van der Waals surface area contributed by atoms with Crippen molar-refractivity contribution in [3.05, 3.63) is 39.6 Å². The summed E-state index contributed by atoms with van der Waals surface area (Å²) in [6, 6.07) is 2.89. The summed E-state index contributed by atoms with van der Waals surface area (Å²) in [6.45, 7) is 2.01. The van der Waals surface area contributed by atoms with Crippen molar-refractivity contribution in [3.63, 3.8) is 0 Å². The molecule has 1 N–H and O–H groups in total. The van der Waals surface area contributed by atoms with E-state index in [2.05, 4.69) is 5.32 Å². The van der Waals surface area contributed by atoms with Gasteiger partial charge in [0.25, 0.3) is 0 Å². The average molecular weight is 276 g/mol. The molecule has 92 valence electrons. The number of hydrogen-bond acceptors (Lipinski definition) is 1. The molecule has 0 saturated carbocycles. The number of hydrogen-bond donors (Lipinski definition) is 1. The molecule has 1 amide bonds. The number of benzene rings is 1. The first kappa shape index (κ1) is 14.0. The predicted octanol–water partition coefficient (Wildman–Crippen LogP) is 3.67. The molecule has 0 fully saturated rings. The summed E-state index contributed by atoms with van der Waals surface area (Å²) in [4.78, 5) is 10.6. The Labute approximate surface area is 109 Å². The molecular formula is C12H12Cl2FNO. The van der Waals surface area contributed by atoms with Gasteiger partial charge in [0.15, 0.2) is 0 Å². The zero-order valence-corrected chi connectivity index (χ0v) is 10.8. The van der Waals surface area contributed by atoms with Gasteiger partial charge in [-0.3, -0.25) is 4.79 Å². The molecule has 0 atom stereocenters. The molecule has 0 saturated heterocycles. The molecule has 0 aliphatic heterocycles. The van der Waals surface area contributed by atoms with Crippen molar-refractivity contribution >= 4 is 35.2 Å². The molecule has 0 bridgehead atoms. The van der Waals surface area contributed by atoms with Crippen molar-refractivity contribution in [3.8, 4) is 0 Å². The Morgan fingerprint density at radius 2 is 2.18 bits per heavy atom. The predicted molar refractivity (Wildman–Crippen MR) is 68.8 cm³/mol. The third kappa shape index (κ3) is 4.75. The number of amides is 1. The fourth-order valence-corrected chi connectivity index (χ4v) is 1.55. The summed E-state index contributed by atoms with van der Waals surface area (Å²) >= 11 is 11.3. The summed E-state index contributed by atoms with van der Waals surface area (Å²) < 4.78 is 13.2. The van der Waals surface area contributed by atoms with Crippen molar-refractivity contribution in [2.75, 3.05) is 6.54 Å². The third-order valence-corrected chi connectivity index (χ3v) is 2.78. The molecule has 0 unspecified atom stereocenters. The summed E-state index contributed by atoms with van der Waals surface area (Å²) in [5, 5.41) is 2.77. The van der Waals surface area contributed by atoms with Crippen molar-refractivity contribution in [1.82, 2.24) is 5.32 Å². The van der Waals surface area contributed by atoms with Crippen LogP contribution in [0.4, 0.5) is 4.39 Å². The van der Waals surface area contributed by atoms with E-state index in [0.717, 1.165) is 0 Å². The van der Waals surface area contributed by atoms with Gasteiger partial charge in [0.1, 0.15) is 5.82 Å². The van der Waals surface area contributed by atoms with Gasteiger partial charge in [-0.25, -0.2) is 4.39 Å². The van der Waals surface area contributed by atoms with E-state index in [0.29, 0.717) is 18.5 Å². The number of halogens is 3. The number of carbonyl (C=O) groups is 1. The van der Waals surface area contributed by atoms with E-state index < -0.39 is 5.82 Å². The SMILES string of the molecule is CC(=O)NCCC=Cc1cc(F)c(Cl)c(Cl)c1. The standard InChI is InChI=1S/C12H12Cl2FNO/c1-8(17)16-5-3-2-4-9-6-10(13)12(14)11(15)7-9/h2,4,6-7H,3,5H2,1H3,(H,16,17). The molecule has 0 heterocycles. The van der Waals surface area contributed by atoms with Gasteiger partial charge < -0.3 is 5.32 Å². The highest BCUT2D eigenvalue weighted by Crippen LogP contribution is 2.26. The lowest BCUT2D eigenvalue weighted by atomic mass is 10.2. The largest absolute Gasteiger partial charge is 0.356 e. The summed E-state index contributed by atoms with van der Waals surface area (Å²) in [5.41, 5.74) is 0.639. The van der Waals surface area contributed by atoms with Crippen molar-refractivity contribution in [2.24, 2.45) is 0 Å². The first-order chi connectivity index (χ1) is 8.00. The summed E-state index contributed by atoms with van der Waals surface area (Å²) in [6.07, 6.45) is 4.23. The topological polar surface area (TPSA) is 29.1 Å². The van der Waals surface area contributed by atoms with Gasteiger partial charge >= 0.3 is 0 Å². The van der Waals surface area contributed by atoms with Crippen LogP contribution in [-0.2, 0) is 4.79 Å². The van der Waals surface area contributed by atoms with Gasteiger partial charge in [0, 0.05) is 13.5 Å². The van der Waals surface area contributed by atoms with Gasteiger partial charge in [-0.05, 0) is 24.1 Å². The fourth-order valence-electron chi connectivity index (χ4n) is 1.22. The quantitative estimate of drug-likeness (QED) is 0.659. The van der Waals surface area contributed by atoms with Crippen LogP contribution in [0.25, 0.3) is 6.08 Å². The maximum absolute atomic E-state index is 13.2. The molecule has 1 aromatic rings. The van der Waals surface area contributed by atoms with Crippen LogP contribution in [-0.4, -0.2) is 12.5 Å².